The summed E-state index contributed by atoms with van der Waals surface area (Å²) >= 11 is 4.52. The zero-order valence-electron chi connectivity index (χ0n) is 10.4. The highest BCUT2D eigenvalue weighted by Crippen LogP contribution is 2.26. The maximum Gasteiger partial charge on any atom is 0.257 e. The van der Waals surface area contributed by atoms with E-state index in [0.29, 0.717) is 9.60 Å². The Balaban J connectivity index is 1.78. The van der Waals surface area contributed by atoms with Crippen molar-refractivity contribution < 1.29 is 9.18 Å². The Bertz CT molecular complexity index is 650. The molecule has 0 saturated heterocycles. The first-order valence-electron chi connectivity index (χ1n) is 6.09. The third-order valence-corrected chi connectivity index (χ3v) is 4.66. The van der Waals surface area contributed by atoms with Gasteiger partial charge in [-0.25, -0.2) is 9.37 Å². The van der Waals surface area contributed by atoms with Crippen LogP contribution in [0, 0.1) is 5.82 Å². The number of thiazole rings is 1. The molecule has 20 heavy (non-hydrogen) atoms. The van der Waals surface area contributed by atoms with Gasteiger partial charge >= 0.3 is 0 Å². The van der Waals surface area contributed by atoms with E-state index in [1.807, 2.05) is 0 Å². The fourth-order valence-electron chi connectivity index (χ4n) is 1.99. The van der Waals surface area contributed by atoms with Crippen LogP contribution in [0.5, 0.6) is 0 Å². The summed E-state index contributed by atoms with van der Waals surface area (Å²) in [6.45, 7) is 1.69. The van der Waals surface area contributed by atoms with E-state index in [0.717, 1.165) is 30.1 Å². The largest absolute Gasteiger partial charge is 0.311 e. The summed E-state index contributed by atoms with van der Waals surface area (Å²) in [4.78, 5) is 17.6. The average Bonchev–Trinajstić information content (AvgIpc) is 2.83. The van der Waals surface area contributed by atoms with Crippen molar-refractivity contribution in [2.45, 2.75) is 13.0 Å². The smallest absolute Gasteiger partial charge is 0.257 e. The molecule has 0 unspecified atom stereocenters. The molecule has 0 saturated carbocycles. The van der Waals surface area contributed by atoms with E-state index in [1.165, 1.54) is 23.5 Å². The second kappa shape index (κ2) is 5.59. The van der Waals surface area contributed by atoms with Gasteiger partial charge in [-0.15, -0.1) is 11.3 Å². The van der Waals surface area contributed by atoms with Crippen LogP contribution in [-0.2, 0) is 13.0 Å². The minimum atomic E-state index is -0.458. The summed E-state index contributed by atoms with van der Waals surface area (Å²) in [5.74, 6) is -0.810. The van der Waals surface area contributed by atoms with Gasteiger partial charge in [-0.2, -0.15) is 0 Å². The van der Waals surface area contributed by atoms with E-state index in [2.05, 4.69) is 31.5 Å². The topological polar surface area (TPSA) is 54.0 Å². The summed E-state index contributed by atoms with van der Waals surface area (Å²) in [5, 5.41) is 6.54. The molecule has 2 N–H and O–H groups in total. The lowest BCUT2D eigenvalue weighted by Gasteiger charge is -2.09. The van der Waals surface area contributed by atoms with Gasteiger partial charge in [0.05, 0.1) is 10.2 Å². The molecule has 1 aromatic heterocycles. The van der Waals surface area contributed by atoms with Gasteiger partial charge in [-0.05, 0) is 34.1 Å². The summed E-state index contributed by atoms with van der Waals surface area (Å²) in [6, 6.07) is 4.28. The fourth-order valence-corrected chi connectivity index (χ4v) is 3.20. The maximum atomic E-state index is 13.4. The number of fused-ring (bicyclic) bond motifs is 1. The normalized spacial score (nSPS) is 13.9. The van der Waals surface area contributed by atoms with E-state index in [9.17, 15) is 9.18 Å². The van der Waals surface area contributed by atoms with Crippen LogP contribution in [-0.4, -0.2) is 17.4 Å². The monoisotopic (exact) mass is 355 g/mol. The molecular weight excluding hydrogens is 345 g/mol. The first-order valence-corrected chi connectivity index (χ1v) is 7.70. The van der Waals surface area contributed by atoms with Gasteiger partial charge in [0, 0.05) is 30.0 Å². The van der Waals surface area contributed by atoms with Crippen molar-refractivity contribution in [1.82, 2.24) is 10.3 Å². The van der Waals surface area contributed by atoms with E-state index in [1.54, 1.807) is 6.07 Å². The first-order chi connectivity index (χ1) is 9.63. The number of rotatable bonds is 2. The van der Waals surface area contributed by atoms with Crippen molar-refractivity contribution in [3.05, 3.63) is 44.6 Å². The van der Waals surface area contributed by atoms with Crippen LogP contribution in [0.3, 0.4) is 0 Å². The van der Waals surface area contributed by atoms with Gasteiger partial charge < -0.3 is 5.32 Å². The number of nitrogens with zero attached hydrogens (tertiary/aromatic N) is 1. The number of amides is 1. The van der Waals surface area contributed by atoms with Gasteiger partial charge in [-0.3, -0.25) is 10.1 Å². The number of hydrogen-bond acceptors (Lipinski definition) is 4. The van der Waals surface area contributed by atoms with E-state index in [-0.39, 0.29) is 11.5 Å². The highest BCUT2D eigenvalue weighted by Gasteiger charge is 2.17. The molecule has 104 valence electrons. The second-order valence-corrected chi connectivity index (χ2v) is 6.34. The predicted octanol–water partition coefficient (Wildman–Crippen LogP) is 2.94. The summed E-state index contributed by atoms with van der Waals surface area (Å²) < 4.78 is 13.8. The zero-order valence-corrected chi connectivity index (χ0v) is 12.8. The van der Waals surface area contributed by atoms with Crippen LogP contribution >= 0.6 is 27.3 Å². The number of nitrogens with one attached hydrogen (secondary N) is 2. The Hall–Kier alpha value is -1.31. The molecular formula is C13H11BrFN3OS. The Kier molecular flexibility index (Phi) is 3.82. The molecule has 0 aliphatic carbocycles. The molecule has 0 fully saturated rings. The Morgan fingerprint density at radius 3 is 3.10 bits per heavy atom. The van der Waals surface area contributed by atoms with Gasteiger partial charge in [-0.1, -0.05) is 0 Å². The molecule has 7 heteroatoms. The molecule has 2 aromatic rings. The summed E-state index contributed by atoms with van der Waals surface area (Å²) in [6.07, 6.45) is 0.870. The highest BCUT2D eigenvalue weighted by molar-refractivity contribution is 9.10. The molecule has 4 nitrogen and oxygen atoms in total. The van der Waals surface area contributed by atoms with Crippen molar-refractivity contribution in [2.24, 2.45) is 0 Å². The Morgan fingerprint density at radius 1 is 1.50 bits per heavy atom. The quantitative estimate of drug-likeness (QED) is 0.870. The summed E-state index contributed by atoms with van der Waals surface area (Å²) in [7, 11) is 0. The van der Waals surface area contributed by atoms with Crippen LogP contribution < -0.4 is 10.6 Å². The molecule has 1 amide bonds. The average molecular weight is 356 g/mol. The minimum absolute atomic E-state index is 0.275. The second-order valence-electron chi connectivity index (χ2n) is 4.40. The van der Waals surface area contributed by atoms with Crippen molar-refractivity contribution in [2.75, 3.05) is 11.9 Å². The molecule has 1 aromatic carbocycles. The number of aromatic nitrogens is 1. The van der Waals surface area contributed by atoms with Gasteiger partial charge in [0.2, 0.25) is 0 Å². The Morgan fingerprint density at radius 2 is 2.35 bits per heavy atom. The standard InChI is InChI=1S/C13H11BrFN3OS/c14-8-2-1-7(5-9(8)15)12(19)18-13-17-10-3-4-16-6-11(10)20-13/h1-2,5,16H,3-4,6H2,(H,17,18,19). The zero-order chi connectivity index (χ0) is 14.1. The van der Waals surface area contributed by atoms with E-state index in [4.69, 9.17) is 0 Å². The number of anilines is 1. The van der Waals surface area contributed by atoms with Crippen molar-refractivity contribution in [1.29, 1.82) is 0 Å². The molecule has 0 bridgehead atoms. The minimum Gasteiger partial charge on any atom is -0.311 e. The number of benzene rings is 1. The third-order valence-electron chi connectivity index (χ3n) is 3.00. The number of halogens is 2. The number of carbonyl (C=O) groups is 1. The highest BCUT2D eigenvalue weighted by atomic mass is 79.9. The van der Waals surface area contributed by atoms with Gasteiger partial charge in [0.25, 0.3) is 5.91 Å². The SMILES string of the molecule is O=C(Nc1nc2c(s1)CNCC2)c1ccc(Br)c(F)c1. The van der Waals surface area contributed by atoms with E-state index >= 15 is 0 Å². The molecule has 1 aliphatic rings. The van der Waals surface area contributed by atoms with Crippen molar-refractivity contribution in [3.63, 3.8) is 0 Å². The molecule has 2 heterocycles. The third kappa shape index (κ3) is 2.74. The van der Waals surface area contributed by atoms with Crippen LogP contribution in [0.2, 0.25) is 0 Å². The van der Waals surface area contributed by atoms with Crippen LogP contribution in [0.15, 0.2) is 22.7 Å². The lowest BCUT2D eigenvalue weighted by atomic mass is 10.2. The predicted molar refractivity (Wildman–Crippen MR) is 79.6 cm³/mol. The van der Waals surface area contributed by atoms with Crippen LogP contribution in [0.1, 0.15) is 20.9 Å². The van der Waals surface area contributed by atoms with Crippen LogP contribution in [0.4, 0.5) is 9.52 Å². The Labute approximate surface area is 127 Å². The molecule has 0 atom stereocenters. The molecule has 3 rings (SSSR count). The fraction of sp³-hybridized carbons (Fsp3) is 0.231. The molecule has 1 aliphatic heterocycles. The van der Waals surface area contributed by atoms with Crippen LogP contribution in [0.25, 0.3) is 0 Å². The van der Waals surface area contributed by atoms with Crippen molar-refractivity contribution >= 4 is 38.3 Å². The lowest BCUT2D eigenvalue weighted by Crippen LogP contribution is -2.22. The lowest BCUT2D eigenvalue weighted by molar-refractivity contribution is 0.102. The maximum absolute atomic E-state index is 13.4. The van der Waals surface area contributed by atoms with Gasteiger partial charge in [0.15, 0.2) is 5.13 Å². The number of hydrogen-bond donors (Lipinski definition) is 2. The van der Waals surface area contributed by atoms with Crippen molar-refractivity contribution in [3.8, 4) is 0 Å². The number of carbonyl (C=O) groups excluding carboxylic acids is 1. The molecule has 0 spiro atoms. The van der Waals surface area contributed by atoms with E-state index < -0.39 is 5.82 Å². The summed E-state index contributed by atoms with van der Waals surface area (Å²) in [5.41, 5.74) is 1.31. The van der Waals surface area contributed by atoms with Gasteiger partial charge in [0.1, 0.15) is 5.82 Å². The molecule has 0 radical (unpaired) electrons. The first kappa shape index (κ1) is 13.7.